The van der Waals surface area contributed by atoms with Crippen LogP contribution in [0.15, 0.2) is 72.9 Å². The third-order valence-electron chi connectivity index (χ3n) is 8.89. The van der Waals surface area contributed by atoms with Crippen molar-refractivity contribution in [1.29, 1.82) is 0 Å². The van der Waals surface area contributed by atoms with Gasteiger partial charge in [0.05, 0.1) is 19.8 Å². The first-order valence-corrected chi connectivity index (χ1v) is 24.2. The SMILES string of the molecule is CC/C=C\C/C=C\C/C=C\C/C=C\C/C=C\C/C=C\CCC(=O)OC(COCCCCCCCCCCCCCCCCCC)COP(=O)(O)OCCN.O=C(O)C(F)(F)F. The maximum Gasteiger partial charge on any atom is 0.490 e. The fourth-order valence-electron chi connectivity index (χ4n) is 5.55. The highest BCUT2D eigenvalue weighted by Gasteiger charge is 2.38. The highest BCUT2D eigenvalue weighted by atomic mass is 31.2. The molecule has 4 N–H and O–H groups in total. The summed E-state index contributed by atoms with van der Waals surface area (Å²) in [5.74, 6) is -3.17. The fraction of sp³-hybridized carbons (Fsp3) is 0.702. The molecule has 354 valence electrons. The number of phosphoric ester groups is 1. The third kappa shape index (κ3) is 49.7. The predicted octanol–water partition coefficient (Wildman–Crippen LogP) is 13.4. The molecule has 0 radical (unpaired) electrons. The van der Waals surface area contributed by atoms with Gasteiger partial charge >= 0.3 is 25.9 Å². The summed E-state index contributed by atoms with van der Waals surface area (Å²) in [6.07, 6.45) is 47.1. The number of carboxylic acid groups (broad SMARTS) is 1. The number of carbonyl (C=O) groups is 2. The molecule has 2 unspecified atom stereocenters. The number of unbranched alkanes of at least 4 members (excludes halogenated alkanes) is 15. The minimum Gasteiger partial charge on any atom is -0.475 e. The first-order chi connectivity index (χ1) is 29.4. The van der Waals surface area contributed by atoms with Crippen molar-refractivity contribution in [3.63, 3.8) is 0 Å². The van der Waals surface area contributed by atoms with Crippen molar-refractivity contribution in [2.24, 2.45) is 5.73 Å². The molecular formula is C47H81F3NO9P. The summed E-state index contributed by atoms with van der Waals surface area (Å²) in [5.41, 5.74) is 5.36. The van der Waals surface area contributed by atoms with Crippen LogP contribution in [0.2, 0.25) is 0 Å². The van der Waals surface area contributed by atoms with Crippen LogP contribution in [0.3, 0.4) is 0 Å². The Kier molecular flexibility index (Phi) is 44.7. The summed E-state index contributed by atoms with van der Waals surface area (Å²) in [6.45, 7) is 4.71. The molecule has 0 aromatic heterocycles. The van der Waals surface area contributed by atoms with Crippen LogP contribution >= 0.6 is 7.82 Å². The number of allylic oxidation sites excluding steroid dienone is 12. The van der Waals surface area contributed by atoms with Gasteiger partial charge in [0.1, 0.15) is 6.10 Å². The smallest absolute Gasteiger partial charge is 0.475 e. The van der Waals surface area contributed by atoms with E-state index in [4.69, 9.17) is 34.2 Å². The average Bonchev–Trinajstić information content (AvgIpc) is 3.22. The van der Waals surface area contributed by atoms with E-state index in [2.05, 4.69) is 74.6 Å². The molecular weight excluding hydrogens is 810 g/mol. The Hall–Kier alpha value is -2.80. The van der Waals surface area contributed by atoms with Gasteiger partial charge in [0.15, 0.2) is 0 Å². The van der Waals surface area contributed by atoms with Crippen LogP contribution in [0.5, 0.6) is 0 Å². The maximum atomic E-state index is 12.5. The average molecular weight is 892 g/mol. The van der Waals surface area contributed by atoms with Crippen LogP contribution in [-0.2, 0) is 32.7 Å². The molecule has 61 heavy (non-hydrogen) atoms. The number of rotatable bonds is 40. The van der Waals surface area contributed by atoms with Crippen molar-refractivity contribution in [3.8, 4) is 0 Å². The fourth-order valence-corrected chi connectivity index (χ4v) is 6.32. The zero-order valence-corrected chi connectivity index (χ0v) is 38.3. The van der Waals surface area contributed by atoms with Crippen LogP contribution in [0.25, 0.3) is 0 Å². The summed E-state index contributed by atoms with van der Waals surface area (Å²) in [5, 5.41) is 7.12. The topological polar surface area (TPSA) is 155 Å². The molecule has 0 amide bonds. The summed E-state index contributed by atoms with van der Waals surface area (Å²) < 4.78 is 65.1. The number of halogens is 3. The maximum absolute atomic E-state index is 12.5. The van der Waals surface area contributed by atoms with Crippen molar-refractivity contribution in [2.75, 3.05) is 33.0 Å². The van der Waals surface area contributed by atoms with E-state index in [1.807, 2.05) is 12.2 Å². The molecule has 0 aromatic carbocycles. The molecule has 0 aliphatic rings. The summed E-state index contributed by atoms with van der Waals surface area (Å²) >= 11 is 0. The van der Waals surface area contributed by atoms with Crippen molar-refractivity contribution in [2.45, 2.75) is 180 Å². The number of hydrogen-bond acceptors (Lipinski definition) is 8. The minimum absolute atomic E-state index is 0.0846. The highest BCUT2D eigenvalue weighted by molar-refractivity contribution is 7.47. The van der Waals surface area contributed by atoms with E-state index >= 15 is 0 Å². The third-order valence-corrected chi connectivity index (χ3v) is 9.88. The number of ether oxygens (including phenoxy) is 2. The van der Waals surface area contributed by atoms with E-state index in [1.165, 1.54) is 89.9 Å². The minimum atomic E-state index is -5.08. The van der Waals surface area contributed by atoms with Gasteiger partial charge in [-0.1, -0.05) is 183 Å². The first-order valence-electron chi connectivity index (χ1n) is 22.7. The van der Waals surface area contributed by atoms with E-state index < -0.39 is 32.0 Å². The molecule has 0 saturated carbocycles. The Morgan fingerprint density at radius 1 is 0.607 bits per heavy atom. The second-order valence-corrected chi connectivity index (χ2v) is 16.1. The molecule has 0 rings (SSSR count). The zero-order chi connectivity index (χ0) is 45.6. The number of carbonyl (C=O) groups excluding carboxylic acids is 1. The second kappa shape index (κ2) is 45.2. The second-order valence-electron chi connectivity index (χ2n) is 14.6. The molecule has 0 saturated heterocycles. The Bertz CT molecular complexity index is 1250. The van der Waals surface area contributed by atoms with Crippen molar-refractivity contribution >= 4 is 19.8 Å². The van der Waals surface area contributed by atoms with Crippen LogP contribution in [-0.4, -0.2) is 67.2 Å². The molecule has 0 spiro atoms. The van der Waals surface area contributed by atoms with E-state index in [0.717, 1.165) is 51.4 Å². The molecule has 0 fully saturated rings. The van der Waals surface area contributed by atoms with E-state index in [0.29, 0.717) is 13.0 Å². The number of esters is 1. The van der Waals surface area contributed by atoms with E-state index in [-0.39, 0.29) is 32.8 Å². The largest absolute Gasteiger partial charge is 0.490 e. The van der Waals surface area contributed by atoms with Crippen LogP contribution in [0, 0.1) is 0 Å². The number of nitrogens with two attached hydrogens (primary N) is 1. The summed E-state index contributed by atoms with van der Waals surface area (Å²) in [7, 11) is -4.30. The molecule has 0 aromatic rings. The lowest BCUT2D eigenvalue weighted by molar-refractivity contribution is -0.192. The van der Waals surface area contributed by atoms with Crippen LogP contribution in [0.4, 0.5) is 13.2 Å². The Morgan fingerprint density at radius 2 is 1.00 bits per heavy atom. The lowest BCUT2D eigenvalue weighted by Crippen LogP contribution is -2.28. The summed E-state index contributed by atoms with van der Waals surface area (Å²) in [4.78, 5) is 31.3. The molecule has 14 heteroatoms. The molecule has 0 heterocycles. The van der Waals surface area contributed by atoms with Crippen LogP contribution in [0.1, 0.15) is 168 Å². The van der Waals surface area contributed by atoms with Crippen molar-refractivity contribution in [1.82, 2.24) is 0 Å². The van der Waals surface area contributed by atoms with Crippen LogP contribution < -0.4 is 5.73 Å². The Balaban J connectivity index is 0. The number of phosphoric acid groups is 1. The van der Waals surface area contributed by atoms with Gasteiger partial charge in [-0.2, -0.15) is 13.2 Å². The van der Waals surface area contributed by atoms with Gasteiger partial charge in [-0.25, -0.2) is 9.36 Å². The van der Waals surface area contributed by atoms with E-state index in [9.17, 15) is 27.4 Å². The molecule has 10 nitrogen and oxygen atoms in total. The quantitative estimate of drug-likeness (QED) is 0.0234. The number of carboxylic acids is 1. The molecule has 0 aliphatic carbocycles. The Labute approximate surface area is 366 Å². The molecule has 2 atom stereocenters. The van der Waals surface area contributed by atoms with Gasteiger partial charge < -0.3 is 25.2 Å². The number of hydrogen-bond donors (Lipinski definition) is 3. The first kappa shape index (κ1) is 60.3. The lowest BCUT2D eigenvalue weighted by Gasteiger charge is -2.20. The number of aliphatic carboxylic acids is 1. The van der Waals surface area contributed by atoms with Crippen molar-refractivity contribution < 1.29 is 55.8 Å². The molecule has 0 bridgehead atoms. The summed E-state index contributed by atoms with van der Waals surface area (Å²) in [6, 6.07) is 0. The standard InChI is InChI=1S/C45H80NO7P.C2HF3O2/c1-3-5-7-9-11-13-15-17-19-21-22-23-24-26-28-30-32-34-36-38-45(47)53-44(43-52-54(48,49)51-41-39-46)42-50-40-37-35-33-31-29-27-25-20-18-16-14-12-10-8-6-4-2;3-2(4,5)1(6)7/h5,7,11,13,17,19,22-23,26,28,32,34,44H,3-4,6,8-10,12,14-16,18,20-21,24-25,27,29-31,33,35-43,46H2,1-2H3,(H,48,49);(H,6,7)/b7-5-,13-11-,19-17-,23-22-,28-26-,34-32-;. The van der Waals surface area contributed by atoms with Gasteiger partial charge in [0.2, 0.25) is 0 Å². The van der Waals surface area contributed by atoms with Crippen molar-refractivity contribution in [3.05, 3.63) is 72.9 Å². The van der Waals surface area contributed by atoms with Gasteiger partial charge in [-0.15, -0.1) is 0 Å². The van der Waals surface area contributed by atoms with Gasteiger partial charge in [-0.3, -0.25) is 13.8 Å². The molecule has 0 aliphatic heterocycles. The zero-order valence-electron chi connectivity index (χ0n) is 37.4. The predicted molar refractivity (Wildman–Crippen MR) is 242 cm³/mol. The monoisotopic (exact) mass is 892 g/mol. The Morgan fingerprint density at radius 3 is 1.39 bits per heavy atom. The van der Waals surface area contributed by atoms with Gasteiger partial charge in [0.25, 0.3) is 0 Å². The number of alkyl halides is 3. The normalized spacial score (nSPS) is 13.9. The van der Waals surface area contributed by atoms with Gasteiger partial charge in [-0.05, 0) is 51.4 Å². The van der Waals surface area contributed by atoms with E-state index in [1.54, 1.807) is 0 Å². The highest BCUT2D eigenvalue weighted by Crippen LogP contribution is 2.43. The van der Waals surface area contributed by atoms with Gasteiger partial charge in [0, 0.05) is 19.6 Å². The lowest BCUT2D eigenvalue weighted by atomic mass is 10.0.